The van der Waals surface area contributed by atoms with E-state index in [2.05, 4.69) is 0 Å². The van der Waals surface area contributed by atoms with Crippen LogP contribution in [0.5, 0.6) is 57.5 Å². The Morgan fingerprint density at radius 1 is 0.500 bits per heavy atom. The summed E-state index contributed by atoms with van der Waals surface area (Å²) in [5, 5.41) is 21.1. The summed E-state index contributed by atoms with van der Waals surface area (Å²) < 4.78 is 56.3. The van der Waals surface area contributed by atoms with E-state index in [1.807, 2.05) is 0 Å². The van der Waals surface area contributed by atoms with Crippen LogP contribution < -0.4 is 48.8 Å². The average Bonchev–Trinajstić information content (AvgIpc) is 3.16. The van der Waals surface area contributed by atoms with Gasteiger partial charge in [-0.3, -0.25) is 9.59 Å². The molecule has 0 spiro atoms. The first-order valence-corrected chi connectivity index (χ1v) is 15.6. The molecule has 2 heterocycles. The van der Waals surface area contributed by atoms with E-state index in [0.717, 1.165) is 0 Å². The Morgan fingerprint density at radius 3 is 1.37 bits per heavy atom. The molecule has 0 aliphatic heterocycles. The van der Waals surface area contributed by atoms with Crippen molar-refractivity contribution in [3.8, 4) is 80.1 Å². The van der Waals surface area contributed by atoms with Gasteiger partial charge in [-0.15, -0.1) is 0 Å². The largest absolute Gasteiger partial charge is 0.507 e. The van der Waals surface area contributed by atoms with E-state index in [1.165, 1.54) is 54.8 Å². The highest BCUT2D eigenvalue weighted by molar-refractivity contribution is 5.94. The first kappa shape index (κ1) is 35.1. The summed E-state index contributed by atoms with van der Waals surface area (Å²) in [6.07, 6.45) is 0. The van der Waals surface area contributed by atoms with Crippen molar-refractivity contribution in [3.63, 3.8) is 0 Å². The second-order valence-electron chi connectivity index (χ2n) is 11.0. The fraction of sp³-hybridized carbons (Fsp3) is 0.211. The number of hydrogen-bond acceptors (Lipinski definition) is 14. The number of benzene rings is 4. The monoisotopic (exact) mass is 714 g/mol. The predicted molar refractivity (Wildman–Crippen MR) is 189 cm³/mol. The highest BCUT2D eigenvalue weighted by Gasteiger charge is 2.26. The summed E-state index contributed by atoms with van der Waals surface area (Å²) >= 11 is 0. The smallest absolute Gasteiger partial charge is 0.239 e. The summed E-state index contributed by atoms with van der Waals surface area (Å²) in [6.45, 7) is -0.0881. The normalized spacial score (nSPS) is 11.0. The number of phenols is 2. The van der Waals surface area contributed by atoms with Gasteiger partial charge in [0.05, 0.1) is 42.7 Å². The van der Waals surface area contributed by atoms with Gasteiger partial charge in [0, 0.05) is 23.3 Å². The molecule has 2 N–H and O–H groups in total. The van der Waals surface area contributed by atoms with Gasteiger partial charge in [0.25, 0.3) is 0 Å². The van der Waals surface area contributed by atoms with E-state index < -0.39 is 10.9 Å². The van der Waals surface area contributed by atoms with Crippen LogP contribution in [0.4, 0.5) is 0 Å². The van der Waals surface area contributed by atoms with Gasteiger partial charge in [-0.25, -0.2) is 0 Å². The molecular formula is C38H34O14. The van der Waals surface area contributed by atoms with Crippen molar-refractivity contribution in [2.75, 3.05) is 55.9 Å². The van der Waals surface area contributed by atoms with E-state index in [4.69, 9.17) is 46.7 Å². The molecule has 0 fully saturated rings. The first-order valence-electron chi connectivity index (χ1n) is 15.6. The Hall–Kier alpha value is -6.70. The summed E-state index contributed by atoms with van der Waals surface area (Å²) in [4.78, 5) is 27.2. The highest BCUT2D eigenvalue weighted by Crippen LogP contribution is 2.45. The van der Waals surface area contributed by atoms with Crippen molar-refractivity contribution in [2.45, 2.75) is 0 Å². The van der Waals surface area contributed by atoms with Gasteiger partial charge in [-0.2, -0.15) is 0 Å². The molecule has 0 radical (unpaired) electrons. The van der Waals surface area contributed by atoms with Crippen molar-refractivity contribution < 1.29 is 56.9 Å². The van der Waals surface area contributed by atoms with Gasteiger partial charge < -0.3 is 56.9 Å². The standard InChI is InChI=1S/C38H34O14/c1-43-21-11-7-20(8-12-21)32-38(30(42)28-24(40)18-26(45-3)34(47-5)36(28)52-32)50-16-15-49-22-13-9-19(10-14-22)31-37(48-6)29(41)27-23(39)17-25(44-2)33(46-4)35(27)51-31/h7-14,17-18,39-40H,15-16H2,1-6H3. The molecule has 0 aliphatic rings. The zero-order chi connectivity index (χ0) is 37.1. The lowest BCUT2D eigenvalue weighted by Crippen LogP contribution is -2.16. The summed E-state index contributed by atoms with van der Waals surface area (Å²) in [7, 11) is 8.43. The van der Waals surface area contributed by atoms with Gasteiger partial charge in [-0.1, -0.05) is 0 Å². The van der Waals surface area contributed by atoms with E-state index >= 15 is 0 Å². The molecule has 6 rings (SSSR count). The molecule has 14 nitrogen and oxygen atoms in total. The quantitative estimate of drug-likeness (QED) is 0.130. The minimum atomic E-state index is -0.636. The van der Waals surface area contributed by atoms with Crippen LogP contribution in [0.2, 0.25) is 0 Å². The molecule has 14 heteroatoms. The van der Waals surface area contributed by atoms with E-state index in [1.54, 1.807) is 48.5 Å². The van der Waals surface area contributed by atoms with Crippen LogP contribution in [0.15, 0.2) is 79.1 Å². The van der Waals surface area contributed by atoms with Crippen molar-refractivity contribution in [1.29, 1.82) is 0 Å². The fourth-order valence-corrected chi connectivity index (χ4v) is 5.71. The zero-order valence-corrected chi connectivity index (χ0v) is 29.0. The average molecular weight is 715 g/mol. The van der Waals surface area contributed by atoms with Crippen LogP contribution >= 0.6 is 0 Å². The number of phenolic OH excluding ortho intramolecular Hbond substituents is 2. The third kappa shape index (κ3) is 6.14. The van der Waals surface area contributed by atoms with Crippen molar-refractivity contribution in [2.24, 2.45) is 0 Å². The molecular weight excluding hydrogens is 680 g/mol. The molecule has 0 unspecified atom stereocenters. The Morgan fingerprint density at radius 2 is 0.923 bits per heavy atom. The number of methoxy groups -OCH3 is 6. The van der Waals surface area contributed by atoms with Crippen molar-refractivity contribution in [3.05, 3.63) is 81.1 Å². The lowest BCUT2D eigenvalue weighted by molar-refractivity contribution is 0.214. The van der Waals surface area contributed by atoms with Crippen molar-refractivity contribution >= 4 is 21.9 Å². The van der Waals surface area contributed by atoms with Gasteiger partial charge in [0.15, 0.2) is 34.2 Å². The third-order valence-electron chi connectivity index (χ3n) is 8.17. The van der Waals surface area contributed by atoms with Crippen LogP contribution in [0.25, 0.3) is 44.6 Å². The summed E-state index contributed by atoms with van der Waals surface area (Å²) in [6, 6.07) is 15.9. The number of rotatable bonds is 13. The van der Waals surface area contributed by atoms with E-state index in [0.29, 0.717) is 22.6 Å². The maximum absolute atomic E-state index is 13.8. The summed E-state index contributed by atoms with van der Waals surface area (Å²) in [5.41, 5.74) is -0.315. The van der Waals surface area contributed by atoms with Gasteiger partial charge in [0.2, 0.25) is 33.9 Å². The topological polar surface area (TPSA) is 175 Å². The van der Waals surface area contributed by atoms with Gasteiger partial charge in [0.1, 0.15) is 47.0 Å². The Bertz CT molecular complexity index is 2380. The summed E-state index contributed by atoms with van der Waals surface area (Å²) in [5.74, 6) is 0.778. The Labute approximate surface area is 295 Å². The molecule has 52 heavy (non-hydrogen) atoms. The molecule has 270 valence electrons. The van der Waals surface area contributed by atoms with Crippen LogP contribution in [0.3, 0.4) is 0 Å². The number of hydrogen-bond donors (Lipinski definition) is 2. The molecule has 0 bridgehead atoms. The molecule has 0 atom stereocenters. The zero-order valence-electron chi connectivity index (χ0n) is 29.0. The SMILES string of the molecule is COc1ccc(-c2oc3c(OC)c(OC)cc(O)c3c(=O)c2OCCOc2ccc(-c3oc4c(OC)c(OC)cc(O)c4c(=O)c3OC)cc2)cc1. The first-order chi connectivity index (χ1) is 25.2. The fourth-order valence-electron chi connectivity index (χ4n) is 5.71. The Kier molecular flexibility index (Phi) is 9.90. The molecule has 0 saturated heterocycles. The van der Waals surface area contributed by atoms with Gasteiger partial charge >= 0.3 is 0 Å². The second-order valence-corrected chi connectivity index (χ2v) is 11.0. The molecule has 2 aromatic heterocycles. The Balaban J connectivity index is 1.28. The maximum atomic E-state index is 13.8. The molecule has 0 aliphatic carbocycles. The van der Waals surface area contributed by atoms with Gasteiger partial charge in [-0.05, 0) is 48.5 Å². The van der Waals surface area contributed by atoms with Crippen LogP contribution in [0.1, 0.15) is 0 Å². The molecule has 6 aromatic rings. The van der Waals surface area contributed by atoms with Crippen molar-refractivity contribution in [1.82, 2.24) is 0 Å². The second kappa shape index (κ2) is 14.6. The molecule has 0 amide bonds. The lowest BCUT2D eigenvalue weighted by atomic mass is 10.1. The highest BCUT2D eigenvalue weighted by atomic mass is 16.5. The third-order valence-corrected chi connectivity index (χ3v) is 8.17. The molecule has 4 aromatic carbocycles. The van der Waals surface area contributed by atoms with E-state index in [-0.39, 0.29) is 92.7 Å². The predicted octanol–water partition coefficient (Wildman–Crippen LogP) is 6.15. The molecule has 0 saturated carbocycles. The number of fused-ring (bicyclic) bond motifs is 2. The van der Waals surface area contributed by atoms with Crippen LogP contribution in [-0.4, -0.2) is 66.1 Å². The number of aromatic hydroxyl groups is 2. The maximum Gasteiger partial charge on any atom is 0.239 e. The lowest BCUT2D eigenvalue weighted by Gasteiger charge is -2.16. The number of ether oxygens (including phenoxy) is 8. The minimum Gasteiger partial charge on any atom is -0.507 e. The van der Waals surface area contributed by atoms with Crippen LogP contribution in [0, 0.1) is 0 Å². The van der Waals surface area contributed by atoms with E-state index in [9.17, 15) is 19.8 Å². The van der Waals surface area contributed by atoms with Crippen LogP contribution in [-0.2, 0) is 0 Å². The minimum absolute atomic E-state index is 0.00143.